The summed E-state index contributed by atoms with van der Waals surface area (Å²) in [6.07, 6.45) is 6.92. The molecule has 0 bridgehead atoms. The summed E-state index contributed by atoms with van der Waals surface area (Å²) in [6.45, 7) is 3.67. The van der Waals surface area contributed by atoms with Gasteiger partial charge >= 0.3 is 17.8 Å². The first kappa shape index (κ1) is 18.9. The number of amides is 4. The highest BCUT2D eigenvalue weighted by Gasteiger charge is 2.49. The smallest absolute Gasteiger partial charge is 0.281 e. The molecule has 6 nitrogen and oxygen atoms in total. The van der Waals surface area contributed by atoms with Gasteiger partial charge in [-0.3, -0.25) is 19.4 Å². The highest BCUT2D eigenvalue weighted by molar-refractivity contribution is 6.44. The number of rotatable bonds is 4. The SMILES string of the molecule is C[C@H]1CCCC[C@@H]1N1C(=O)C(=O)N(CN2CC=C(c3ccccc3)CC2)C1=O. The van der Waals surface area contributed by atoms with Gasteiger partial charge in [-0.2, -0.15) is 0 Å². The molecular weight excluding hydrogens is 354 g/mol. The summed E-state index contributed by atoms with van der Waals surface area (Å²) >= 11 is 0. The highest BCUT2D eigenvalue weighted by atomic mass is 16.2. The Kier molecular flexibility index (Phi) is 5.31. The van der Waals surface area contributed by atoms with Gasteiger partial charge in [-0.1, -0.05) is 56.2 Å². The second-order valence-electron chi connectivity index (χ2n) is 8.08. The normalized spacial score (nSPS) is 26.8. The molecule has 2 fully saturated rings. The minimum atomic E-state index is -0.680. The number of nitrogens with zero attached hydrogens (tertiary/aromatic N) is 3. The van der Waals surface area contributed by atoms with Crippen LogP contribution in [0.1, 0.15) is 44.6 Å². The lowest BCUT2D eigenvalue weighted by Gasteiger charge is -2.34. The summed E-state index contributed by atoms with van der Waals surface area (Å²) in [5.41, 5.74) is 2.49. The molecule has 2 aliphatic heterocycles. The van der Waals surface area contributed by atoms with Crippen molar-refractivity contribution in [1.29, 1.82) is 0 Å². The van der Waals surface area contributed by atoms with E-state index in [2.05, 4.69) is 25.1 Å². The van der Waals surface area contributed by atoms with Gasteiger partial charge in [-0.25, -0.2) is 9.69 Å². The highest BCUT2D eigenvalue weighted by Crippen LogP contribution is 2.31. The Morgan fingerprint density at radius 2 is 1.75 bits per heavy atom. The van der Waals surface area contributed by atoms with Gasteiger partial charge in [0.2, 0.25) is 0 Å². The van der Waals surface area contributed by atoms with Gasteiger partial charge < -0.3 is 0 Å². The van der Waals surface area contributed by atoms with Crippen LogP contribution in [0.2, 0.25) is 0 Å². The molecule has 1 saturated carbocycles. The van der Waals surface area contributed by atoms with Crippen molar-refractivity contribution in [3.63, 3.8) is 0 Å². The van der Waals surface area contributed by atoms with Crippen LogP contribution in [-0.2, 0) is 9.59 Å². The zero-order valence-electron chi connectivity index (χ0n) is 16.3. The van der Waals surface area contributed by atoms with Crippen molar-refractivity contribution in [3.8, 4) is 0 Å². The quantitative estimate of drug-likeness (QED) is 0.594. The summed E-state index contributed by atoms with van der Waals surface area (Å²) in [6, 6.07) is 9.65. The number of benzene rings is 1. The van der Waals surface area contributed by atoms with E-state index in [0.717, 1.165) is 43.5 Å². The fourth-order valence-corrected chi connectivity index (χ4v) is 4.57. The van der Waals surface area contributed by atoms with E-state index in [9.17, 15) is 14.4 Å². The van der Waals surface area contributed by atoms with Crippen LogP contribution < -0.4 is 0 Å². The first-order valence-electron chi connectivity index (χ1n) is 10.2. The summed E-state index contributed by atoms with van der Waals surface area (Å²) in [5.74, 6) is -1.08. The maximum absolute atomic E-state index is 12.9. The molecule has 1 aromatic rings. The van der Waals surface area contributed by atoms with Crippen molar-refractivity contribution < 1.29 is 14.4 Å². The van der Waals surface area contributed by atoms with Gasteiger partial charge in [0.05, 0.1) is 6.67 Å². The van der Waals surface area contributed by atoms with Crippen LogP contribution in [0.25, 0.3) is 5.57 Å². The van der Waals surface area contributed by atoms with Crippen molar-refractivity contribution in [3.05, 3.63) is 42.0 Å². The predicted octanol–water partition coefficient (Wildman–Crippen LogP) is 3.10. The lowest BCUT2D eigenvalue weighted by atomic mass is 9.85. The van der Waals surface area contributed by atoms with Crippen molar-refractivity contribution >= 4 is 23.4 Å². The fourth-order valence-electron chi connectivity index (χ4n) is 4.57. The molecule has 4 amide bonds. The van der Waals surface area contributed by atoms with Crippen molar-refractivity contribution in [2.24, 2.45) is 5.92 Å². The second-order valence-corrected chi connectivity index (χ2v) is 8.08. The zero-order valence-corrected chi connectivity index (χ0v) is 16.3. The third-order valence-corrected chi connectivity index (χ3v) is 6.26. The Bertz CT molecular complexity index is 805. The average molecular weight is 381 g/mol. The standard InChI is InChI=1S/C22H27N3O3/c1-16-7-5-6-10-19(16)25-21(27)20(26)24(22(25)28)15-23-13-11-18(12-14-23)17-8-3-2-4-9-17/h2-4,8-9,11,16,19H,5-7,10,12-15H2,1H3/t16-,19-/m0/s1. The van der Waals surface area contributed by atoms with Crippen LogP contribution in [0, 0.1) is 5.92 Å². The second kappa shape index (κ2) is 7.87. The first-order valence-corrected chi connectivity index (χ1v) is 10.2. The third-order valence-electron chi connectivity index (χ3n) is 6.26. The molecule has 28 heavy (non-hydrogen) atoms. The zero-order chi connectivity index (χ0) is 19.7. The Morgan fingerprint density at radius 3 is 2.43 bits per heavy atom. The maximum Gasteiger partial charge on any atom is 0.335 e. The molecule has 148 valence electrons. The van der Waals surface area contributed by atoms with Gasteiger partial charge in [-0.05, 0) is 36.3 Å². The molecule has 0 spiro atoms. The number of imide groups is 2. The summed E-state index contributed by atoms with van der Waals surface area (Å²) in [5, 5.41) is 0. The van der Waals surface area contributed by atoms with E-state index in [-0.39, 0.29) is 18.6 Å². The Hall–Kier alpha value is -2.47. The number of hydrogen-bond acceptors (Lipinski definition) is 4. The number of carbonyl (C=O) groups is 3. The van der Waals surface area contributed by atoms with E-state index in [1.54, 1.807) is 0 Å². The molecule has 3 aliphatic rings. The van der Waals surface area contributed by atoms with E-state index < -0.39 is 17.8 Å². The average Bonchev–Trinajstić information content (AvgIpc) is 2.93. The lowest BCUT2D eigenvalue weighted by molar-refractivity contribution is -0.145. The van der Waals surface area contributed by atoms with Gasteiger partial charge in [0.1, 0.15) is 0 Å². The Morgan fingerprint density at radius 1 is 1.00 bits per heavy atom. The topological polar surface area (TPSA) is 60.9 Å². The van der Waals surface area contributed by atoms with E-state index >= 15 is 0 Å². The molecule has 0 N–H and O–H groups in total. The van der Waals surface area contributed by atoms with Crippen LogP contribution >= 0.6 is 0 Å². The number of carbonyl (C=O) groups excluding carboxylic acids is 3. The first-order chi connectivity index (χ1) is 13.6. The van der Waals surface area contributed by atoms with Crippen LogP contribution in [0.5, 0.6) is 0 Å². The van der Waals surface area contributed by atoms with E-state index in [0.29, 0.717) is 6.54 Å². The molecule has 0 unspecified atom stereocenters. The van der Waals surface area contributed by atoms with Crippen molar-refractivity contribution in [2.75, 3.05) is 19.8 Å². The molecule has 2 atom stereocenters. The summed E-state index contributed by atoms with van der Waals surface area (Å²) < 4.78 is 0. The summed E-state index contributed by atoms with van der Waals surface area (Å²) in [7, 11) is 0. The van der Waals surface area contributed by atoms with Crippen LogP contribution in [-0.4, -0.2) is 58.3 Å². The van der Waals surface area contributed by atoms with Crippen molar-refractivity contribution in [1.82, 2.24) is 14.7 Å². The van der Waals surface area contributed by atoms with E-state index in [1.165, 1.54) is 16.0 Å². The number of hydrogen-bond donors (Lipinski definition) is 0. The van der Waals surface area contributed by atoms with Crippen LogP contribution in [0.3, 0.4) is 0 Å². The van der Waals surface area contributed by atoms with Gasteiger partial charge in [0, 0.05) is 19.1 Å². The Labute approximate surface area is 165 Å². The molecular formula is C22H27N3O3. The Balaban J connectivity index is 1.42. The van der Waals surface area contributed by atoms with Gasteiger partial charge in [0.15, 0.2) is 0 Å². The minimum absolute atomic E-state index is 0.145. The fraction of sp³-hybridized carbons (Fsp3) is 0.500. The molecule has 6 heteroatoms. The molecule has 2 heterocycles. The molecule has 1 aliphatic carbocycles. The van der Waals surface area contributed by atoms with Gasteiger partial charge in [0.25, 0.3) is 0 Å². The van der Waals surface area contributed by atoms with Crippen LogP contribution in [0.15, 0.2) is 36.4 Å². The predicted molar refractivity (Wildman–Crippen MR) is 106 cm³/mol. The van der Waals surface area contributed by atoms with Gasteiger partial charge in [-0.15, -0.1) is 0 Å². The number of urea groups is 1. The molecule has 0 radical (unpaired) electrons. The third kappa shape index (κ3) is 3.49. The van der Waals surface area contributed by atoms with Crippen molar-refractivity contribution in [2.45, 2.75) is 45.1 Å². The minimum Gasteiger partial charge on any atom is -0.281 e. The van der Waals surface area contributed by atoms with E-state index in [4.69, 9.17) is 0 Å². The van der Waals surface area contributed by atoms with Crippen LogP contribution in [0.4, 0.5) is 4.79 Å². The largest absolute Gasteiger partial charge is 0.335 e. The molecule has 4 rings (SSSR count). The van der Waals surface area contributed by atoms with E-state index in [1.807, 2.05) is 23.1 Å². The summed E-state index contributed by atoms with van der Waals surface area (Å²) in [4.78, 5) is 42.4. The molecule has 1 aromatic carbocycles. The lowest BCUT2D eigenvalue weighted by Crippen LogP contribution is -2.47. The molecule has 1 saturated heterocycles. The maximum atomic E-state index is 12.9. The molecule has 0 aromatic heterocycles. The monoisotopic (exact) mass is 381 g/mol.